The number of carbonyl (C=O) groups excluding carboxylic acids is 4. The van der Waals surface area contributed by atoms with E-state index in [1.165, 1.54) is 24.1 Å². The molecular formula is C41H52F3N5O9S. The van der Waals surface area contributed by atoms with Gasteiger partial charge in [-0.15, -0.1) is 0 Å². The predicted molar refractivity (Wildman–Crippen MR) is 209 cm³/mol. The summed E-state index contributed by atoms with van der Waals surface area (Å²) in [5.74, 6) is -3.04. The summed E-state index contributed by atoms with van der Waals surface area (Å²) < 4.78 is 89.1. The number of allylic oxidation sites excluding steroid dienone is 1. The van der Waals surface area contributed by atoms with Crippen LogP contribution in [0.15, 0.2) is 30.4 Å². The number of carbonyl (C=O) groups is 4. The van der Waals surface area contributed by atoms with E-state index in [1.807, 2.05) is 26.0 Å². The largest absolute Gasteiger partial charge is 0.497 e. The highest BCUT2D eigenvalue weighted by Crippen LogP contribution is 2.49. The number of sulfonamides is 1. The Balaban J connectivity index is 1.28. The van der Waals surface area contributed by atoms with Gasteiger partial charge in [-0.3, -0.25) is 19.1 Å². The van der Waals surface area contributed by atoms with E-state index in [-0.39, 0.29) is 62.3 Å². The van der Waals surface area contributed by atoms with Gasteiger partial charge in [0.05, 0.1) is 30.5 Å². The van der Waals surface area contributed by atoms with Crippen molar-refractivity contribution in [2.75, 3.05) is 20.3 Å². The lowest BCUT2D eigenvalue weighted by atomic mass is 9.65. The van der Waals surface area contributed by atoms with Gasteiger partial charge in [0.1, 0.15) is 29.0 Å². The second-order valence-electron chi connectivity index (χ2n) is 17.4. The van der Waals surface area contributed by atoms with Crippen LogP contribution in [0.5, 0.6) is 11.5 Å². The Morgan fingerprint density at radius 3 is 2.53 bits per heavy atom. The van der Waals surface area contributed by atoms with E-state index in [4.69, 9.17) is 14.2 Å². The molecule has 0 unspecified atom stereocenters. The molecule has 14 nitrogen and oxygen atoms in total. The molecule has 4 amide bonds. The molecule has 1 aromatic heterocycles. The highest BCUT2D eigenvalue weighted by molar-refractivity contribution is 7.91. The normalized spacial score (nSPS) is 28.7. The number of aromatic nitrogens is 1. The van der Waals surface area contributed by atoms with E-state index in [9.17, 15) is 40.8 Å². The van der Waals surface area contributed by atoms with Crippen LogP contribution in [0.4, 0.5) is 18.0 Å². The van der Waals surface area contributed by atoms with E-state index in [0.717, 1.165) is 0 Å². The maximum atomic E-state index is 14.8. The molecule has 59 heavy (non-hydrogen) atoms. The van der Waals surface area contributed by atoms with Crippen LogP contribution in [0.1, 0.15) is 103 Å². The fourth-order valence-electron chi connectivity index (χ4n) is 8.63. The van der Waals surface area contributed by atoms with Crippen molar-refractivity contribution in [1.29, 1.82) is 0 Å². The lowest BCUT2D eigenvalue weighted by Crippen LogP contribution is -2.70. The van der Waals surface area contributed by atoms with E-state index in [0.29, 0.717) is 56.1 Å². The number of halogens is 3. The SMILES string of the molecule is COc1ccc2nc(C(F)(F)F)c3c(c2c1)CC[C@]1(C[C@H]2C(=O)N[C@]4(C(=O)NS(=O)(=O)C5(C)CC5)CC[C@H]4/C=C\CCCCC[C@H](NC(=O)OCC(C)C)C(=O)N2C1)O3. The molecule has 322 valence electrons. The number of rotatable bonds is 7. The van der Waals surface area contributed by atoms with Gasteiger partial charge in [0.2, 0.25) is 21.8 Å². The van der Waals surface area contributed by atoms with Crippen LogP contribution in [0.2, 0.25) is 0 Å². The molecule has 1 saturated heterocycles. The monoisotopic (exact) mass is 847 g/mol. The Morgan fingerprint density at radius 1 is 1.10 bits per heavy atom. The summed E-state index contributed by atoms with van der Waals surface area (Å²) in [4.78, 5) is 61.9. The first-order valence-electron chi connectivity index (χ1n) is 20.4. The molecule has 7 rings (SSSR count). The van der Waals surface area contributed by atoms with E-state index in [2.05, 4.69) is 20.3 Å². The summed E-state index contributed by atoms with van der Waals surface area (Å²) >= 11 is 0. The van der Waals surface area contributed by atoms with E-state index < -0.39 is 85.3 Å². The maximum Gasteiger partial charge on any atom is 0.437 e. The van der Waals surface area contributed by atoms with Gasteiger partial charge in [-0.1, -0.05) is 38.8 Å². The van der Waals surface area contributed by atoms with Crippen LogP contribution in [-0.4, -0.2) is 90.3 Å². The molecule has 3 fully saturated rings. The van der Waals surface area contributed by atoms with Gasteiger partial charge >= 0.3 is 12.3 Å². The Bertz CT molecular complexity index is 2160. The van der Waals surface area contributed by atoms with Crippen LogP contribution in [0, 0.1) is 11.8 Å². The highest BCUT2D eigenvalue weighted by atomic mass is 32.2. The van der Waals surface area contributed by atoms with Crippen LogP contribution in [-0.2, 0) is 41.7 Å². The molecule has 18 heteroatoms. The van der Waals surface area contributed by atoms with Crippen molar-refractivity contribution in [1.82, 2.24) is 25.2 Å². The zero-order valence-corrected chi connectivity index (χ0v) is 34.5. The molecular weight excluding hydrogens is 796 g/mol. The van der Waals surface area contributed by atoms with Crippen molar-refractivity contribution in [3.05, 3.63) is 41.6 Å². The first kappa shape index (κ1) is 42.5. The number of hydrogen-bond donors (Lipinski definition) is 3. The molecule has 5 aliphatic rings. The maximum absolute atomic E-state index is 14.8. The zero-order valence-electron chi connectivity index (χ0n) is 33.7. The summed E-state index contributed by atoms with van der Waals surface area (Å²) in [6, 6.07) is 1.98. The number of alkyl carbamates (subject to hydrolysis) is 1. The number of pyridine rings is 1. The number of nitrogens with zero attached hydrogens (tertiary/aromatic N) is 2. The quantitative estimate of drug-likeness (QED) is 0.303. The molecule has 3 N–H and O–H groups in total. The lowest BCUT2D eigenvalue weighted by Gasteiger charge is -2.48. The van der Waals surface area contributed by atoms with Crippen molar-refractivity contribution >= 4 is 44.7 Å². The Kier molecular flexibility index (Phi) is 11.4. The average molecular weight is 848 g/mol. The van der Waals surface area contributed by atoms with Gasteiger partial charge in [-0.05, 0) is 88.8 Å². The summed E-state index contributed by atoms with van der Waals surface area (Å²) in [5, 5.41) is 5.92. The molecule has 1 spiro atoms. The number of alkyl halides is 3. The summed E-state index contributed by atoms with van der Waals surface area (Å²) in [6.07, 6.45) is 1.85. The van der Waals surface area contributed by atoms with Crippen molar-refractivity contribution in [3.8, 4) is 11.5 Å². The number of aryl methyl sites for hydroxylation is 1. The first-order valence-corrected chi connectivity index (χ1v) is 21.8. The minimum absolute atomic E-state index is 0.00606. The number of nitrogens with one attached hydrogen (secondary N) is 3. The number of methoxy groups -OCH3 is 1. The minimum Gasteiger partial charge on any atom is -0.497 e. The summed E-state index contributed by atoms with van der Waals surface area (Å²) in [6.45, 7) is 5.00. The molecule has 2 aromatic rings. The third-order valence-electron chi connectivity index (χ3n) is 12.6. The predicted octanol–water partition coefficient (Wildman–Crippen LogP) is 5.46. The highest BCUT2D eigenvalue weighted by Gasteiger charge is 2.60. The van der Waals surface area contributed by atoms with Gasteiger partial charge in [-0.25, -0.2) is 18.2 Å². The standard InChI is InChI=1S/C41H52F3N5O9S/c1-24(2)22-57-37(53)46-30-11-9-7-5-6-8-10-25-14-17-40(25,36(52)48-59(54,55)38(3)18-19-38)47-34(50)31-21-39(23-49(31)35(30)51)16-15-27-28-20-26(56-4)12-13-29(28)45-33(32(27)58-39)41(42,43)44/h8,10,12-13,20,24-25,30-31H,5-7,9,11,14-19,21-23H2,1-4H3,(H,46,53)(H,47,50)(H,48,52)/b10-8-/t25-,30+,31+,39-,40-/m1/s1. The Hall–Kier alpha value is -4.61. The van der Waals surface area contributed by atoms with Gasteiger partial charge in [-0.2, -0.15) is 13.2 Å². The fraction of sp³-hybridized carbons (Fsp3) is 0.634. The van der Waals surface area contributed by atoms with Gasteiger partial charge in [0, 0.05) is 23.3 Å². The van der Waals surface area contributed by atoms with Crippen molar-refractivity contribution in [2.24, 2.45) is 11.8 Å². The van der Waals surface area contributed by atoms with E-state index in [1.54, 1.807) is 13.0 Å². The second kappa shape index (κ2) is 15.8. The third kappa shape index (κ3) is 8.29. The number of hydrogen-bond acceptors (Lipinski definition) is 10. The third-order valence-corrected chi connectivity index (χ3v) is 14.7. The molecule has 2 saturated carbocycles. The molecule has 4 heterocycles. The zero-order chi connectivity index (χ0) is 42.5. The van der Waals surface area contributed by atoms with Crippen molar-refractivity contribution in [3.63, 3.8) is 0 Å². The lowest BCUT2D eigenvalue weighted by molar-refractivity contribution is -0.145. The van der Waals surface area contributed by atoms with Crippen molar-refractivity contribution in [2.45, 2.75) is 132 Å². The number of amides is 4. The first-order chi connectivity index (χ1) is 27.8. The van der Waals surface area contributed by atoms with Crippen LogP contribution in [0.3, 0.4) is 0 Å². The number of ether oxygens (including phenoxy) is 3. The minimum atomic E-state index is -4.93. The molecule has 3 aliphatic heterocycles. The molecule has 1 aromatic carbocycles. The number of benzene rings is 1. The van der Waals surface area contributed by atoms with Gasteiger partial charge in [0.25, 0.3) is 5.91 Å². The molecule has 0 radical (unpaired) electrons. The van der Waals surface area contributed by atoms with Crippen LogP contribution >= 0.6 is 0 Å². The molecule has 2 aliphatic carbocycles. The van der Waals surface area contributed by atoms with Gasteiger partial charge in [0.15, 0.2) is 11.4 Å². The number of fused-ring (bicyclic) bond motifs is 5. The summed E-state index contributed by atoms with van der Waals surface area (Å²) in [7, 11) is -2.67. The smallest absolute Gasteiger partial charge is 0.437 e. The summed E-state index contributed by atoms with van der Waals surface area (Å²) in [5.41, 5.74) is -4.12. The Labute approximate surface area is 341 Å². The van der Waals surface area contributed by atoms with E-state index >= 15 is 0 Å². The van der Waals surface area contributed by atoms with Gasteiger partial charge < -0.3 is 29.7 Å². The van der Waals surface area contributed by atoms with Crippen molar-refractivity contribution < 1.29 is 55.0 Å². The molecule has 5 atom stereocenters. The van der Waals surface area contributed by atoms with Crippen LogP contribution in [0.25, 0.3) is 10.9 Å². The second-order valence-corrected chi connectivity index (χ2v) is 19.6. The van der Waals surface area contributed by atoms with Crippen LogP contribution < -0.4 is 24.8 Å². The fourth-order valence-corrected chi connectivity index (χ4v) is 9.94. The topological polar surface area (TPSA) is 182 Å². The average Bonchev–Trinajstić information content (AvgIpc) is 3.84. The molecule has 0 bridgehead atoms. The Morgan fingerprint density at radius 2 is 1.86 bits per heavy atom.